The first-order valence-corrected chi connectivity index (χ1v) is 7.29. The summed E-state index contributed by atoms with van der Waals surface area (Å²) in [6, 6.07) is 8.78. The predicted molar refractivity (Wildman–Crippen MR) is 82.4 cm³/mol. The van der Waals surface area contributed by atoms with Crippen LogP contribution in [0.2, 0.25) is 0 Å². The second-order valence-corrected chi connectivity index (χ2v) is 5.38. The molecule has 1 aliphatic carbocycles. The Hall–Kier alpha value is -1.70. The number of aryl methyl sites for hydroxylation is 2. The summed E-state index contributed by atoms with van der Waals surface area (Å²) in [4.78, 5) is 0. The molecule has 2 rings (SSSR count). The quantitative estimate of drug-likeness (QED) is 0.764. The molecule has 20 heavy (non-hydrogen) atoms. The average Bonchev–Trinajstić information content (AvgIpc) is 2.47. The van der Waals surface area contributed by atoms with Crippen LogP contribution in [-0.4, -0.2) is 14.2 Å². The molecule has 0 amide bonds. The molecule has 1 atom stereocenters. The van der Waals surface area contributed by atoms with Crippen molar-refractivity contribution in [3.63, 3.8) is 0 Å². The van der Waals surface area contributed by atoms with Crippen molar-refractivity contribution >= 4 is 0 Å². The van der Waals surface area contributed by atoms with E-state index in [1.54, 1.807) is 14.2 Å². The fourth-order valence-electron chi connectivity index (χ4n) is 2.71. The number of methoxy groups -OCH3 is 2. The first-order valence-electron chi connectivity index (χ1n) is 7.29. The molecule has 1 aliphatic rings. The highest BCUT2D eigenvalue weighted by Gasteiger charge is 2.16. The van der Waals surface area contributed by atoms with E-state index in [9.17, 15) is 0 Å². The van der Waals surface area contributed by atoms with Crippen LogP contribution in [0.25, 0.3) is 0 Å². The van der Waals surface area contributed by atoms with Crippen molar-refractivity contribution in [1.82, 2.24) is 0 Å². The lowest BCUT2D eigenvalue weighted by atomic mass is 9.92. The zero-order valence-electron chi connectivity index (χ0n) is 12.7. The molecule has 0 aliphatic heterocycles. The second-order valence-electron chi connectivity index (χ2n) is 5.38. The highest BCUT2D eigenvalue weighted by Crippen LogP contribution is 2.27. The second kappa shape index (κ2) is 7.18. The molecule has 2 heteroatoms. The van der Waals surface area contributed by atoms with Gasteiger partial charge in [-0.15, -0.1) is 0 Å². The van der Waals surface area contributed by atoms with Crippen molar-refractivity contribution in [2.45, 2.75) is 32.6 Å². The van der Waals surface area contributed by atoms with Crippen LogP contribution >= 0.6 is 0 Å². The van der Waals surface area contributed by atoms with Gasteiger partial charge in [0.15, 0.2) is 11.5 Å². The smallest absolute Gasteiger partial charge is 0.156 e. The van der Waals surface area contributed by atoms with E-state index >= 15 is 0 Å². The number of ether oxygens (including phenoxy) is 2. The largest absolute Gasteiger partial charge is 0.493 e. The maximum Gasteiger partial charge on any atom is 0.156 e. The summed E-state index contributed by atoms with van der Waals surface area (Å²) in [5.41, 5.74) is 2.78. The molecule has 0 saturated carbocycles. The van der Waals surface area contributed by atoms with Gasteiger partial charge in [0.1, 0.15) is 0 Å². The molecule has 0 bridgehead atoms. The summed E-state index contributed by atoms with van der Waals surface area (Å²) in [7, 11) is 3.39. The van der Waals surface area contributed by atoms with Gasteiger partial charge in [0, 0.05) is 0 Å². The van der Waals surface area contributed by atoms with Gasteiger partial charge in [0.25, 0.3) is 0 Å². The fourth-order valence-corrected chi connectivity index (χ4v) is 2.71. The normalized spacial score (nSPS) is 18.2. The standard InChI is InChI=1S/C18H24O2/c1-14-6-4-7-15(12-14)8-5-9-16-10-11-17(19-2)18(13-16)20-3/h4,6-7,11-13,16H,5,8-10H2,1-3H3. The third-order valence-corrected chi connectivity index (χ3v) is 3.80. The third kappa shape index (κ3) is 3.89. The number of hydrogen-bond acceptors (Lipinski definition) is 2. The molecule has 0 spiro atoms. The third-order valence-electron chi connectivity index (χ3n) is 3.80. The lowest BCUT2D eigenvalue weighted by Gasteiger charge is -2.20. The predicted octanol–water partition coefficient (Wildman–Crippen LogP) is 4.40. The van der Waals surface area contributed by atoms with Crippen molar-refractivity contribution in [1.29, 1.82) is 0 Å². The van der Waals surface area contributed by atoms with Crippen molar-refractivity contribution in [2.24, 2.45) is 5.92 Å². The topological polar surface area (TPSA) is 18.5 Å². The highest BCUT2D eigenvalue weighted by molar-refractivity contribution is 5.25. The van der Waals surface area contributed by atoms with Crippen LogP contribution in [0.5, 0.6) is 0 Å². The van der Waals surface area contributed by atoms with E-state index in [0.29, 0.717) is 5.92 Å². The van der Waals surface area contributed by atoms with E-state index in [2.05, 4.69) is 43.3 Å². The van der Waals surface area contributed by atoms with Gasteiger partial charge >= 0.3 is 0 Å². The van der Waals surface area contributed by atoms with E-state index in [4.69, 9.17) is 9.47 Å². The minimum atomic E-state index is 0.564. The van der Waals surface area contributed by atoms with Gasteiger partial charge in [-0.2, -0.15) is 0 Å². The Morgan fingerprint density at radius 2 is 1.95 bits per heavy atom. The lowest BCUT2D eigenvalue weighted by molar-refractivity contribution is 0.211. The molecule has 2 nitrogen and oxygen atoms in total. The Labute approximate surface area is 122 Å². The monoisotopic (exact) mass is 272 g/mol. The molecular weight excluding hydrogens is 248 g/mol. The minimum absolute atomic E-state index is 0.564. The summed E-state index contributed by atoms with van der Waals surface area (Å²) in [5, 5.41) is 0. The molecule has 0 heterocycles. The molecule has 108 valence electrons. The van der Waals surface area contributed by atoms with Crippen LogP contribution in [0.3, 0.4) is 0 Å². The highest BCUT2D eigenvalue weighted by atomic mass is 16.5. The first kappa shape index (κ1) is 14.7. The first-order chi connectivity index (χ1) is 9.72. The van der Waals surface area contributed by atoms with E-state index < -0.39 is 0 Å². The maximum atomic E-state index is 5.37. The van der Waals surface area contributed by atoms with Gasteiger partial charge in [-0.25, -0.2) is 0 Å². The Balaban J connectivity index is 1.83. The molecule has 0 N–H and O–H groups in total. The summed E-state index contributed by atoms with van der Waals surface area (Å²) >= 11 is 0. The Morgan fingerprint density at radius 1 is 1.15 bits per heavy atom. The Morgan fingerprint density at radius 3 is 2.65 bits per heavy atom. The zero-order chi connectivity index (χ0) is 14.4. The summed E-state index contributed by atoms with van der Waals surface area (Å²) in [5.74, 6) is 2.30. The van der Waals surface area contributed by atoms with Crippen LogP contribution in [0.15, 0.2) is 47.9 Å². The van der Waals surface area contributed by atoms with Crippen molar-refractivity contribution < 1.29 is 9.47 Å². The van der Waals surface area contributed by atoms with Crippen molar-refractivity contribution in [3.05, 3.63) is 59.1 Å². The molecule has 1 aromatic rings. The number of benzene rings is 1. The summed E-state index contributed by atoms with van der Waals surface area (Å²) in [6.07, 6.45) is 8.93. The van der Waals surface area contributed by atoms with Crippen molar-refractivity contribution in [2.75, 3.05) is 14.2 Å². The van der Waals surface area contributed by atoms with Gasteiger partial charge in [-0.3, -0.25) is 0 Å². The van der Waals surface area contributed by atoms with Gasteiger partial charge in [-0.05, 0) is 56.2 Å². The van der Waals surface area contributed by atoms with E-state index in [-0.39, 0.29) is 0 Å². The van der Waals surface area contributed by atoms with Gasteiger partial charge in [-0.1, -0.05) is 29.8 Å². The molecule has 0 saturated heterocycles. The average molecular weight is 272 g/mol. The van der Waals surface area contributed by atoms with Crippen molar-refractivity contribution in [3.8, 4) is 0 Å². The van der Waals surface area contributed by atoms with Crippen LogP contribution < -0.4 is 0 Å². The molecule has 1 aromatic carbocycles. The number of hydrogen-bond donors (Lipinski definition) is 0. The van der Waals surface area contributed by atoms with E-state index in [1.807, 2.05) is 0 Å². The zero-order valence-corrected chi connectivity index (χ0v) is 12.7. The minimum Gasteiger partial charge on any atom is -0.493 e. The molecule has 0 radical (unpaired) electrons. The summed E-state index contributed by atoms with van der Waals surface area (Å²) in [6.45, 7) is 2.15. The molecule has 0 fully saturated rings. The maximum absolute atomic E-state index is 5.37. The number of rotatable bonds is 6. The Bertz CT molecular complexity index is 500. The number of allylic oxidation sites excluding steroid dienone is 2. The lowest BCUT2D eigenvalue weighted by Crippen LogP contribution is -2.07. The van der Waals surface area contributed by atoms with Gasteiger partial charge in [0.2, 0.25) is 0 Å². The van der Waals surface area contributed by atoms with Crippen LogP contribution in [0, 0.1) is 12.8 Å². The van der Waals surface area contributed by atoms with Crippen LogP contribution in [0.1, 0.15) is 30.4 Å². The SMILES string of the molecule is COC1=CCC(CCCc2cccc(C)c2)C=C1OC. The van der Waals surface area contributed by atoms with E-state index in [1.165, 1.54) is 24.0 Å². The van der Waals surface area contributed by atoms with Gasteiger partial charge in [0.05, 0.1) is 14.2 Å². The van der Waals surface area contributed by atoms with E-state index in [0.717, 1.165) is 24.4 Å². The Kier molecular flexibility index (Phi) is 5.28. The van der Waals surface area contributed by atoms with Crippen LogP contribution in [0.4, 0.5) is 0 Å². The molecule has 1 unspecified atom stereocenters. The molecular formula is C18H24O2. The fraction of sp³-hybridized carbons (Fsp3) is 0.444. The van der Waals surface area contributed by atoms with Crippen LogP contribution in [-0.2, 0) is 15.9 Å². The summed E-state index contributed by atoms with van der Waals surface area (Å²) < 4.78 is 10.7. The van der Waals surface area contributed by atoms with Gasteiger partial charge < -0.3 is 9.47 Å². The molecule has 0 aromatic heterocycles.